The van der Waals surface area contributed by atoms with E-state index in [-0.39, 0.29) is 17.8 Å². The Morgan fingerprint density at radius 2 is 2.13 bits per heavy atom. The maximum absolute atomic E-state index is 12.2. The van der Waals surface area contributed by atoms with Gasteiger partial charge in [-0.3, -0.25) is 4.79 Å². The molecule has 0 aromatic heterocycles. The third-order valence-corrected chi connectivity index (χ3v) is 3.12. The lowest BCUT2D eigenvalue weighted by molar-refractivity contribution is 0.0764. The molecule has 0 radical (unpaired) electrons. The summed E-state index contributed by atoms with van der Waals surface area (Å²) >= 11 is 0. The molecule has 0 amide bonds. The highest BCUT2D eigenvalue weighted by atomic mass is 16.5. The van der Waals surface area contributed by atoms with Gasteiger partial charge in [-0.15, -0.1) is 0 Å². The predicted octanol–water partition coefficient (Wildman–Crippen LogP) is 2.60. The van der Waals surface area contributed by atoms with Crippen molar-refractivity contribution in [3.8, 4) is 0 Å². The van der Waals surface area contributed by atoms with Crippen molar-refractivity contribution in [3.63, 3.8) is 0 Å². The van der Waals surface area contributed by atoms with E-state index in [2.05, 4.69) is 0 Å². The van der Waals surface area contributed by atoms with Gasteiger partial charge in [0.05, 0.1) is 12.0 Å². The number of hydrogen-bond donors (Lipinski definition) is 0. The Bertz CT molecular complexity index is 371. The Labute approximate surface area is 90.3 Å². The van der Waals surface area contributed by atoms with Gasteiger partial charge in [0.25, 0.3) is 0 Å². The smallest absolute Gasteiger partial charge is 0.168 e. The molecule has 0 aliphatic carbocycles. The van der Waals surface area contributed by atoms with Crippen LogP contribution in [0.4, 0.5) is 0 Å². The van der Waals surface area contributed by atoms with Crippen molar-refractivity contribution < 1.29 is 9.53 Å². The molecule has 15 heavy (non-hydrogen) atoms. The highest BCUT2D eigenvalue weighted by molar-refractivity contribution is 5.99. The largest absolute Gasteiger partial charge is 0.378 e. The highest BCUT2D eigenvalue weighted by Crippen LogP contribution is 2.25. The Balaban J connectivity index is 2.24. The number of rotatable bonds is 2. The zero-order valence-electron chi connectivity index (χ0n) is 9.19. The van der Waals surface area contributed by atoms with Crippen molar-refractivity contribution in [2.24, 2.45) is 5.92 Å². The second kappa shape index (κ2) is 4.15. The normalized spacial score (nSPS) is 25.5. The molecular formula is C13H16O2. The molecule has 1 aliphatic rings. The maximum atomic E-state index is 12.2. The van der Waals surface area contributed by atoms with E-state index in [1.165, 1.54) is 0 Å². The molecule has 80 valence electrons. The number of aryl methyl sites for hydroxylation is 1. The van der Waals surface area contributed by atoms with Crippen molar-refractivity contribution in [3.05, 3.63) is 35.4 Å². The summed E-state index contributed by atoms with van der Waals surface area (Å²) in [5.41, 5.74) is 1.90. The number of benzene rings is 1. The molecule has 2 unspecified atom stereocenters. The van der Waals surface area contributed by atoms with Crippen molar-refractivity contribution in [1.29, 1.82) is 0 Å². The Hall–Kier alpha value is -1.15. The molecule has 0 saturated carbocycles. The number of ketones is 1. The average Bonchev–Trinajstić information content (AvgIpc) is 2.64. The quantitative estimate of drug-likeness (QED) is 0.692. The molecule has 1 saturated heterocycles. The summed E-state index contributed by atoms with van der Waals surface area (Å²) in [6.07, 6.45) is 0.922. The molecule has 0 bridgehead atoms. The van der Waals surface area contributed by atoms with Crippen LogP contribution in [0.25, 0.3) is 0 Å². The monoisotopic (exact) mass is 204 g/mol. The minimum atomic E-state index is 0.0473. The van der Waals surface area contributed by atoms with Crippen LogP contribution in [-0.4, -0.2) is 18.5 Å². The van der Waals surface area contributed by atoms with Crippen LogP contribution in [0, 0.1) is 12.8 Å². The number of hydrogen-bond acceptors (Lipinski definition) is 2. The van der Waals surface area contributed by atoms with Gasteiger partial charge in [0.1, 0.15) is 0 Å². The fourth-order valence-corrected chi connectivity index (χ4v) is 2.13. The summed E-state index contributed by atoms with van der Waals surface area (Å²) < 4.78 is 5.43. The van der Waals surface area contributed by atoms with E-state index in [4.69, 9.17) is 4.74 Å². The summed E-state index contributed by atoms with van der Waals surface area (Å²) in [4.78, 5) is 12.2. The highest BCUT2D eigenvalue weighted by Gasteiger charge is 2.31. The standard InChI is InChI=1S/C13H16O2/c1-9-5-3-4-6-11(9)13(14)12-7-8-15-10(12)2/h3-6,10,12H,7-8H2,1-2H3. The Kier molecular flexibility index (Phi) is 2.87. The van der Waals surface area contributed by atoms with Gasteiger partial charge in [0.15, 0.2) is 5.78 Å². The molecule has 1 aromatic carbocycles. The minimum Gasteiger partial charge on any atom is -0.378 e. The summed E-state index contributed by atoms with van der Waals surface area (Å²) in [6, 6.07) is 7.76. The van der Waals surface area contributed by atoms with Gasteiger partial charge in [0, 0.05) is 12.2 Å². The summed E-state index contributed by atoms with van der Waals surface area (Å²) in [5, 5.41) is 0. The van der Waals surface area contributed by atoms with Gasteiger partial charge < -0.3 is 4.74 Å². The summed E-state index contributed by atoms with van der Waals surface area (Å²) in [6.45, 7) is 4.67. The van der Waals surface area contributed by atoms with Gasteiger partial charge in [-0.05, 0) is 25.8 Å². The molecule has 2 nitrogen and oxygen atoms in total. The maximum Gasteiger partial charge on any atom is 0.168 e. The van der Waals surface area contributed by atoms with Crippen LogP contribution in [-0.2, 0) is 4.74 Å². The van der Waals surface area contributed by atoms with Crippen LogP contribution >= 0.6 is 0 Å². The molecule has 1 aliphatic heterocycles. The molecule has 0 N–H and O–H groups in total. The Morgan fingerprint density at radius 3 is 2.73 bits per heavy atom. The van der Waals surface area contributed by atoms with E-state index >= 15 is 0 Å². The van der Waals surface area contributed by atoms with Crippen molar-refractivity contribution in [1.82, 2.24) is 0 Å². The lowest BCUT2D eigenvalue weighted by Gasteiger charge is -2.13. The minimum absolute atomic E-state index is 0.0473. The third kappa shape index (κ3) is 1.95. The van der Waals surface area contributed by atoms with E-state index in [1.807, 2.05) is 38.1 Å². The van der Waals surface area contributed by atoms with E-state index in [9.17, 15) is 4.79 Å². The molecule has 2 heteroatoms. The van der Waals surface area contributed by atoms with Crippen LogP contribution in [0.5, 0.6) is 0 Å². The topological polar surface area (TPSA) is 26.3 Å². The number of carbonyl (C=O) groups is 1. The first kappa shape index (κ1) is 10.4. The fourth-order valence-electron chi connectivity index (χ4n) is 2.13. The van der Waals surface area contributed by atoms with Crippen molar-refractivity contribution in [2.45, 2.75) is 26.4 Å². The van der Waals surface area contributed by atoms with E-state index in [0.717, 1.165) is 17.5 Å². The van der Waals surface area contributed by atoms with Crippen LogP contribution < -0.4 is 0 Å². The van der Waals surface area contributed by atoms with Crippen molar-refractivity contribution >= 4 is 5.78 Å². The van der Waals surface area contributed by atoms with Crippen LogP contribution in [0.2, 0.25) is 0 Å². The Morgan fingerprint density at radius 1 is 1.40 bits per heavy atom. The zero-order chi connectivity index (χ0) is 10.8. The second-order valence-corrected chi connectivity index (χ2v) is 4.15. The third-order valence-electron chi connectivity index (χ3n) is 3.12. The molecule has 1 heterocycles. The van der Waals surface area contributed by atoms with Crippen molar-refractivity contribution in [2.75, 3.05) is 6.61 Å². The van der Waals surface area contributed by atoms with E-state index in [0.29, 0.717) is 6.61 Å². The van der Waals surface area contributed by atoms with Gasteiger partial charge >= 0.3 is 0 Å². The van der Waals surface area contributed by atoms with Gasteiger partial charge in [-0.2, -0.15) is 0 Å². The molecule has 2 rings (SSSR count). The van der Waals surface area contributed by atoms with E-state index < -0.39 is 0 Å². The summed E-state index contributed by atoms with van der Waals surface area (Å²) in [5.74, 6) is 0.282. The van der Waals surface area contributed by atoms with Gasteiger partial charge in [-0.25, -0.2) is 0 Å². The molecule has 0 spiro atoms. The fraction of sp³-hybridized carbons (Fsp3) is 0.462. The second-order valence-electron chi connectivity index (χ2n) is 4.15. The molecule has 1 aromatic rings. The average molecular weight is 204 g/mol. The first-order valence-electron chi connectivity index (χ1n) is 5.41. The SMILES string of the molecule is Cc1ccccc1C(=O)C1CCOC1C. The lowest BCUT2D eigenvalue weighted by Crippen LogP contribution is -2.22. The number of Topliss-reactive ketones (excluding diaryl/α,β-unsaturated/α-hetero) is 1. The zero-order valence-corrected chi connectivity index (χ0v) is 9.19. The summed E-state index contributed by atoms with van der Waals surface area (Å²) in [7, 11) is 0. The number of ether oxygens (including phenoxy) is 1. The van der Waals surface area contributed by atoms with Gasteiger partial charge in [-0.1, -0.05) is 24.3 Å². The van der Waals surface area contributed by atoms with E-state index in [1.54, 1.807) is 0 Å². The number of carbonyl (C=O) groups excluding carboxylic acids is 1. The predicted molar refractivity (Wildman–Crippen MR) is 59.0 cm³/mol. The van der Waals surface area contributed by atoms with Crippen LogP contribution in [0.1, 0.15) is 29.3 Å². The molecule has 2 atom stereocenters. The lowest BCUT2D eigenvalue weighted by atomic mass is 9.90. The van der Waals surface area contributed by atoms with Gasteiger partial charge in [0.2, 0.25) is 0 Å². The van der Waals surface area contributed by atoms with Crippen LogP contribution in [0.15, 0.2) is 24.3 Å². The first-order valence-corrected chi connectivity index (χ1v) is 5.41. The molecular weight excluding hydrogens is 188 g/mol. The first-order chi connectivity index (χ1) is 7.20. The molecule has 1 fully saturated rings. The van der Waals surface area contributed by atoms with Crippen LogP contribution in [0.3, 0.4) is 0 Å².